The van der Waals surface area contributed by atoms with Gasteiger partial charge in [-0.2, -0.15) is 0 Å². The van der Waals surface area contributed by atoms with E-state index < -0.39 is 0 Å². The van der Waals surface area contributed by atoms with Gasteiger partial charge in [0.05, 0.1) is 11.9 Å². The van der Waals surface area contributed by atoms with Crippen molar-refractivity contribution in [1.82, 2.24) is 10.3 Å². The molecule has 0 aromatic carbocycles. The smallest absolute Gasteiger partial charge is 0.0572 e. The van der Waals surface area contributed by atoms with Gasteiger partial charge in [-0.1, -0.05) is 40.5 Å². The molecule has 0 saturated heterocycles. The number of rotatable bonds is 8. The summed E-state index contributed by atoms with van der Waals surface area (Å²) < 4.78 is 0. The maximum absolute atomic E-state index is 4.21. The number of hydrogen-bond donors (Lipinski definition) is 2. The second kappa shape index (κ2) is 8.09. The van der Waals surface area contributed by atoms with Crippen LogP contribution in [0.15, 0.2) is 18.5 Å². The van der Waals surface area contributed by atoms with E-state index in [1.807, 2.05) is 12.4 Å². The maximum Gasteiger partial charge on any atom is 0.0572 e. The highest BCUT2D eigenvalue weighted by Gasteiger charge is 2.06. The summed E-state index contributed by atoms with van der Waals surface area (Å²) in [6.07, 6.45) is 6.24. The molecule has 0 spiro atoms. The number of pyridine rings is 1. The molecule has 102 valence electrons. The molecule has 3 nitrogen and oxygen atoms in total. The van der Waals surface area contributed by atoms with Gasteiger partial charge < -0.3 is 10.6 Å². The first-order valence-corrected chi connectivity index (χ1v) is 7.07. The highest BCUT2D eigenvalue weighted by molar-refractivity contribution is 5.48. The standard InChI is InChI=1S/C15H27N3/c1-5-13(6-2)9-18-15-11-16-8-7-14(15)10-17-12(3)4/h7-8,11-13,17-18H,5-6,9-10H2,1-4H3. The Morgan fingerprint density at radius 2 is 1.94 bits per heavy atom. The summed E-state index contributed by atoms with van der Waals surface area (Å²) in [6, 6.07) is 2.59. The summed E-state index contributed by atoms with van der Waals surface area (Å²) in [7, 11) is 0. The number of nitrogens with zero attached hydrogens (tertiary/aromatic N) is 1. The van der Waals surface area contributed by atoms with Crippen LogP contribution in [0.5, 0.6) is 0 Å². The Hall–Kier alpha value is -1.09. The molecule has 1 rings (SSSR count). The highest BCUT2D eigenvalue weighted by atomic mass is 14.9. The summed E-state index contributed by atoms with van der Waals surface area (Å²) in [5.74, 6) is 0.746. The van der Waals surface area contributed by atoms with Gasteiger partial charge in [-0.25, -0.2) is 0 Å². The molecule has 18 heavy (non-hydrogen) atoms. The molecule has 0 fully saturated rings. The second-order valence-electron chi connectivity index (χ2n) is 5.13. The van der Waals surface area contributed by atoms with Crippen LogP contribution in [-0.4, -0.2) is 17.6 Å². The predicted molar refractivity (Wildman–Crippen MR) is 78.8 cm³/mol. The van der Waals surface area contributed by atoms with Crippen molar-refractivity contribution >= 4 is 5.69 Å². The van der Waals surface area contributed by atoms with Crippen LogP contribution in [0.25, 0.3) is 0 Å². The van der Waals surface area contributed by atoms with E-state index in [4.69, 9.17) is 0 Å². The third-order valence-corrected chi connectivity index (χ3v) is 3.35. The zero-order valence-corrected chi connectivity index (χ0v) is 12.2. The lowest BCUT2D eigenvalue weighted by Crippen LogP contribution is -2.23. The third-order valence-electron chi connectivity index (χ3n) is 3.35. The van der Waals surface area contributed by atoms with Crippen LogP contribution >= 0.6 is 0 Å². The Kier molecular flexibility index (Phi) is 6.73. The Labute approximate surface area is 111 Å². The van der Waals surface area contributed by atoms with Crippen LogP contribution in [0.3, 0.4) is 0 Å². The van der Waals surface area contributed by atoms with Crippen LogP contribution in [0.2, 0.25) is 0 Å². The molecule has 0 bridgehead atoms. The minimum absolute atomic E-state index is 0.505. The van der Waals surface area contributed by atoms with Gasteiger partial charge in [0.2, 0.25) is 0 Å². The first-order valence-electron chi connectivity index (χ1n) is 7.07. The van der Waals surface area contributed by atoms with Crippen molar-refractivity contribution in [3.05, 3.63) is 24.0 Å². The fraction of sp³-hybridized carbons (Fsp3) is 0.667. The van der Waals surface area contributed by atoms with Gasteiger partial charge in [-0.15, -0.1) is 0 Å². The van der Waals surface area contributed by atoms with Crippen LogP contribution in [0, 0.1) is 5.92 Å². The number of nitrogens with one attached hydrogen (secondary N) is 2. The van der Waals surface area contributed by atoms with Crippen LogP contribution < -0.4 is 10.6 Å². The first kappa shape index (κ1) is 15.0. The second-order valence-corrected chi connectivity index (χ2v) is 5.13. The zero-order chi connectivity index (χ0) is 13.4. The molecule has 1 aromatic rings. The fourth-order valence-corrected chi connectivity index (χ4v) is 1.88. The van der Waals surface area contributed by atoms with Crippen molar-refractivity contribution in [3.63, 3.8) is 0 Å². The van der Waals surface area contributed by atoms with E-state index in [1.54, 1.807) is 0 Å². The minimum Gasteiger partial charge on any atom is -0.383 e. The lowest BCUT2D eigenvalue weighted by molar-refractivity contribution is 0.518. The molecule has 3 heteroatoms. The summed E-state index contributed by atoms with van der Waals surface area (Å²) in [4.78, 5) is 4.21. The van der Waals surface area contributed by atoms with Crippen LogP contribution in [0.4, 0.5) is 5.69 Å². The zero-order valence-electron chi connectivity index (χ0n) is 12.2. The topological polar surface area (TPSA) is 37.0 Å². The summed E-state index contributed by atoms with van der Waals surface area (Å²) in [6.45, 7) is 10.8. The van der Waals surface area contributed by atoms with E-state index in [2.05, 4.69) is 49.4 Å². The average molecular weight is 249 g/mol. The summed E-state index contributed by atoms with van der Waals surface area (Å²) in [5.41, 5.74) is 2.46. The number of anilines is 1. The quantitative estimate of drug-likeness (QED) is 0.741. The molecular formula is C15H27N3. The van der Waals surface area contributed by atoms with Gasteiger partial charge in [-0.05, 0) is 17.5 Å². The van der Waals surface area contributed by atoms with Gasteiger partial charge in [0.1, 0.15) is 0 Å². The molecule has 0 unspecified atom stereocenters. The SMILES string of the molecule is CCC(CC)CNc1cnccc1CNC(C)C. The monoisotopic (exact) mass is 249 g/mol. The van der Waals surface area contributed by atoms with E-state index >= 15 is 0 Å². The van der Waals surface area contributed by atoms with Crippen molar-refractivity contribution in [2.75, 3.05) is 11.9 Å². The lowest BCUT2D eigenvalue weighted by atomic mass is 10.0. The van der Waals surface area contributed by atoms with Crippen LogP contribution in [-0.2, 0) is 6.54 Å². The molecule has 0 saturated carbocycles. The molecular weight excluding hydrogens is 222 g/mol. The molecule has 0 aliphatic rings. The van der Waals surface area contributed by atoms with Crippen LogP contribution in [0.1, 0.15) is 46.1 Å². The Morgan fingerprint density at radius 1 is 1.22 bits per heavy atom. The molecule has 2 N–H and O–H groups in total. The van der Waals surface area contributed by atoms with E-state index in [-0.39, 0.29) is 0 Å². The molecule has 0 aliphatic carbocycles. The van der Waals surface area contributed by atoms with Crippen molar-refractivity contribution in [2.45, 2.75) is 53.1 Å². The molecule has 0 amide bonds. The largest absolute Gasteiger partial charge is 0.383 e. The van der Waals surface area contributed by atoms with Gasteiger partial charge in [0.15, 0.2) is 0 Å². The molecule has 1 heterocycles. The Bertz CT molecular complexity index is 332. The first-order chi connectivity index (χ1) is 8.67. The van der Waals surface area contributed by atoms with Crippen molar-refractivity contribution in [2.24, 2.45) is 5.92 Å². The van der Waals surface area contributed by atoms with E-state index in [1.165, 1.54) is 18.4 Å². The number of hydrogen-bond acceptors (Lipinski definition) is 3. The normalized spacial score (nSPS) is 11.2. The molecule has 0 atom stereocenters. The summed E-state index contributed by atoms with van der Waals surface area (Å²) in [5, 5.41) is 6.99. The molecule has 0 aliphatic heterocycles. The van der Waals surface area contributed by atoms with Gasteiger partial charge in [0, 0.05) is 25.3 Å². The molecule has 1 aromatic heterocycles. The van der Waals surface area contributed by atoms with Crippen molar-refractivity contribution in [3.8, 4) is 0 Å². The van der Waals surface area contributed by atoms with E-state index in [0.29, 0.717) is 6.04 Å². The van der Waals surface area contributed by atoms with Crippen molar-refractivity contribution in [1.29, 1.82) is 0 Å². The van der Waals surface area contributed by atoms with Gasteiger partial charge >= 0.3 is 0 Å². The highest BCUT2D eigenvalue weighted by Crippen LogP contribution is 2.15. The van der Waals surface area contributed by atoms with E-state index in [0.717, 1.165) is 24.7 Å². The van der Waals surface area contributed by atoms with Gasteiger partial charge in [0.25, 0.3) is 0 Å². The predicted octanol–water partition coefficient (Wildman–Crippen LogP) is 3.43. The Balaban J connectivity index is 2.58. The average Bonchev–Trinajstić information content (AvgIpc) is 2.38. The maximum atomic E-state index is 4.21. The number of aromatic nitrogens is 1. The molecule has 0 radical (unpaired) electrons. The van der Waals surface area contributed by atoms with Crippen molar-refractivity contribution < 1.29 is 0 Å². The van der Waals surface area contributed by atoms with E-state index in [9.17, 15) is 0 Å². The minimum atomic E-state index is 0.505. The summed E-state index contributed by atoms with van der Waals surface area (Å²) >= 11 is 0. The third kappa shape index (κ3) is 5.05. The lowest BCUT2D eigenvalue weighted by Gasteiger charge is -2.17. The fourth-order valence-electron chi connectivity index (χ4n) is 1.88. The Morgan fingerprint density at radius 3 is 2.56 bits per heavy atom. The van der Waals surface area contributed by atoms with Gasteiger partial charge in [-0.3, -0.25) is 4.98 Å².